The monoisotopic (exact) mass is 381 g/mol. The standard InChI is InChI=1S/C22H27N3O3/c1-15-9-11-19(16(2)13-15)24-22(26)17-10-12-20(21(14-17)25(27)28)23-18-7-5-3-4-6-8-18/h9-14,18,23H,3-8H2,1-2H3,(H,24,26). The number of amides is 1. The van der Waals surface area contributed by atoms with Gasteiger partial charge in [0.05, 0.1) is 4.92 Å². The van der Waals surface area contributed by atoms with Gasteiger partial charge in [0.1, 0.15) is 5.69 Å². The summed E-state index contributed by atoms with van der Waals surface area (Å²) in [5.74, 6) is -0.351. The highest BCUT2D eigenvalue weighted by atomic mass is 16.6. The third-order valence-corrected chi connectivity index (χ3v) is 5.30. The molecule has 0 bridgehead atoms. The van der Waals surface area contributed by atoms with Crippen LogP contribution in [-0.2, 0) is 0 Å². The van der Waals surface area contributed by atoms with E-state index in [4.69, 9.17) is 0 Å². The van der Waals surface area contributed by atoms with Gasteiger partial charge in [-0.1, -0.05) is 43.4 Å². The normalized spacial score (nSPS) is 14.9. The van der Waals surface area contributed by atoms with Crippen LogP contribution in [0.4, 0.5) is 17.1 Å². The maximum Gasteiger partial charge on any atom is 0.293 e. The molecule has 0 unspecified atom stereocenters. The summed E-state index contributed by atoms with van der Waals surface area (Å²) in [6, 6.07) is 10.7. The topological polar surface area (TPSA) is 84.3 Å². The highest BCUT2D eigenvalue weighted by molar-refractivity contribution is 6.05. The smallest absolute Gasteiger partial charge is 0.293 e. The van der Waals surface area contributed by atoms with E-state index in [1.54, 1.807) is 12.1 Å². The summed E-state index contributed by atoms with van der Waals surface area (Å²) in [6.45, 7) is 3.91. The highest BCUT2D eigenvalue weighted by Crippen LogP contribution is 2.29. The minimum absolute atomic E-state index is 0.0578. The van der Waals surface area contributed by atoms with Crippen molar-refractivity contribution in [2.75, 3.05) is 10.6 Å². The van der Waals surface area contributed by atoms with Crippen LogP contribution in [0.15, 0.2) is 36.4 Å². The van der Waals surface area contributed by atoms with Crippen LogP contribution in [0.25, 0.3) is 0 Å². The van der Waals surface area contributed by atoms with Crippen molar-refractivity contribution in [2.24, 2.45) is 0 Å². The van der Waals surface area contributed by atoms with E-state index in [2.05, 4.69) is 10.6 Å². The molecule has 1 aliphatic carbocycles. The van der Waals surface area contributed by atoms with Crippen molar-refractivity contribution in [2.45, 2.75) is 58.4 Å². The molecule has 0 radical (unpaired) electrons. The Balaban J connectivity index is 1.79. The summed E-state index contributed by atoms with van der Waals surface area (Å²) in [5.41, 5.74) is 3.48. The molecule has 1 fully saturated rings. The SMILES string of the molecule is Cc1ccc(NC(=O)c2ccc(NC3CCCCCC3)c([N+](=O)[O-])c2)c(C)c1. The fourth-order valence-electron chi connectivity index (χ4n) is 3.74. The molecular formula is C22H27N3O3. The molecule has 0 heterocycles. The molecule has 28 heavy (non-hydrogen) atoms. The van der Waals surface area contributed by atoms with Gasteiger partial charge in [0.15, 0.2) is 0 Å². The Morgan fingerprint density at radius 3 is 2.32 bits per heavy atom. The molecule has 3 rings (SSSR count). The molecule has 1 saturated carbocycles. The number of aryl methyl sites for hydroxylation is 2. The van der Waals surface area contributed by atoms with Crippen molar-refractivity contribution in [3.63, 3.8) is 0 Å². The first-order chi connectivity index (χ1) is 13.4. The number of anilines is 2. The van der Waals surface area contributed by atoms with E-state index in [9.17, 15) is 14.9 Å². The van der Waals surface area contributed by atoms with Gasteiger partial charge >= 0.3 is 0 Å². The number of carbonyl (C=O) groups excluding carboxylic acids is 1. The molecule has 1 aliphatic rings. The average molecular weight is 381 g/mol. The average Bonchev–Trinajstić information content (AvgIpc) is 2.92. The molecule has 6 nitrogen and oxygen atoms in total. The lowest BCUT2D eigenvalue weighted by Crippen LogP contribution is -2.19. The van der Waals surface area contributed by atoms with Crippen LogP contribution in [0.2, 0.25) is 0 Å². The van der Waals surface area contributed by atoms with E-state index < -0.39 is 4.92 Å². The van der Waals surface area contributed by atoms with Crippen LogP contribution in [0.3, 0.4) is 0 Å². The van der Waals surface area contributed by atoms with Gasteiger partial charge < -0.3 is 10.6 Å². The Labute approximate surface area is 165 Å². The van der Waals surface area contributed by atoms with Gasteiger partial charge in [-0.3, -0.25) is 14.9 Å². The van der Waals surface area contributed by atoms with E-state index in [0.29, 0.717) is 11.4 Å². The zero-order chi connectivity index (χ0) is 20.1. The van der Waals surface area contributed by atoms with Crippen LogP contribution in [-0.4, -0.2) is 16.9 Å². The van der Waals surface area contributed by atoms with Gasteiger partial charge in [-0.25, -0.2) is 0 Å². The Morgan fingerprint density at radius 2 is 1.68 bits per heavy atom. The number of hydrogen-bond acceptors (Lipinski definition) is 4. The van der Waals surface area contributed by atoms with Crippen molar-refractivity contribution in [1.82, 2.24) is 0 Å². The molecule has 0 spiro atoms. The Kier molecular flexibility index (Phi) is 6.29. The first-order valence-electron chi connectivity index (χ1n) is 9.87. The van der Waals surface area contributed by atoms with E-state index in [0.717, 1.165) is 36.8 Å². The molecule has 6 heteroatoms. The lowest BCUT2D eigenvalue weighted by molar-refractivity contribution is -0.384. The molecule has 0 aromatic heterocycles. The summed E-state index contributed by atoms with van der Waals surface area (Å²) >= 11 is 0. The summed E-state index contributed by atoms with van der Waals surface area (Å²) in [4.78, 5) is 23.8. The number of hydrogen-bond donors (Lipinski definition) is 2. The van der Waals surface area contributed by atoms with Crippen LogP contribution in [0.1, 0.15) is 60.0 Å². The maximum atomic E-state index is 12.6. The Bertz CT molecular complexity index is 871. The second-order valence-electron chi connectivity index (χ2n) is 7.59. The predicted molar refractivity (Wildman–Crippen MR) is 112 cm³/mol. The van der Waals surface area contributed by atoms with Crippen molar-refractivity contribution in [3.05, 3.63) is 63.2 Å². The summed E-state index contributed by atoms with van der Waals surface area (Å²) in [5, 5.41) is 17.8. The third kappa shape index (κ3) is 4.88. The first-order valence-corrected chi connectivity index (χ1v) is 9.87. The second-order valence-corrected chi connectivity index (χ2v) is 7.59. The summed E-state index contributed by atoms with van der Waals surface area (Å²) in [7, 11) is 0. The maximum absolute atomic E-state index is 12.6. The van der Waals surface area contributed by atoms with E-state index in [-0.39, 0.29) is 23.2 Å². The zero-order valence-corrected chi connectivity index (χ0v) is 16.5. The molecule has 0 saturated heterocycles. The van der Waals surface area contributed by atoms with Gasteiger partial charge in [-0.2, -0.15) is 0 Å². The van der Waals surface area contributed by atoms with Gasteiger partial charge in [0, 0.05) is 23.4 Å². The first kappa shape index (κ1) is 19.9. The number of nitro groups is 1. The highest BCUT2D eigenvalue weighted by Gasteiger charge is 2.21. The van der Waals surface area contributed by atoms with Crippen molar-refractivity contribution in [3.8, 4) is 0 Å². The number of rotatable bonds is 5. The minimum Gasteiger partial charge on any atom is -0.377 e. The van der Waals surface area contributed by atoms with E-state index >= 15 is 0 Å². The lowest BCUT2D eigenvalue weighted by atomic mass is 10.1. The predicted octanol–water partition coefficient (Wildman–Crippen LogP) is 5.60. The minimum atomic E-state index is -0.424. The fraction of sp³-hybridized carbons (Fsp3) is 0.409. The molecule has 2 aromatic rings. The Morgan fingerprint density at radius 1 is 1.00 bits per heavy atom. The summed E-state index contributed by atoms with van der Waals surface area (Å²) in [6.07, 6.45) is 6.76. The Hall–Kier alpha value is -2.89. The molecule has 2 N–H and O–H groups in total. The molecule has 0 atom stereocenters. The quantitative estimate of drug-likeness (QED) is 0.401. The zero-order valence-electron chi connectivity index (χ0n) is 16.5. The van der Waals surface area contributed by atoms with Crippen LogP contribution >= 0.6 is 0 Å². The second kappa shape index (κ2) is 8.87. The van der Waals surface area contributed by atoms with Gasteiger partial charge in [-0.15, -0.1) is 0 Å². The largest absolute Gasteiger partial charge is 0.377 e. The van der Waals surface area contributed by atoms with Crippen LogP contribution in [0.5, 0.6) is 0 Å². The number of carbonyl (C=O) groups is 1. The molecular weight excluding hydrogens is 354 g/mol. The summed E-state index contributed by atoms with van der Waals surface area (Å²) < 4.78 is 0. The number of nitrogens with zero attached hydrogens (tertiary/aromatic N) is 1. The number of benzene rings is 2. The van der Waals surface area contributed by atoms with Gasteiger partial charge in [-0.05, 0) is 50.5 Å². The van der Waals surface area contributed by atoms with Gasteiger partial charge in [0.2, 0.25) is 0 Å². The van der Waals surface area contributed by atoms with Crippen LogP contribution in [0, 0.1) is 24.0 Å². The van der Waals surface area contributed by atoms with Crippen LogP contribution < -0.4 is 10.6 Å². The molecule has 2 aromatic carbocycles. The van der Waals surface area contributed by atoms with Crippen molar-refractivity contribution in [1.29, 1.82) is 0 Å². The molecule has 1 amide bonds. The fourth-order valence-corrected chi connectivity index (χ4v) is 3.74. The van der Waals surface area contributed by atoms with E-state index in [1.165, 1.54) is 18.9 Å². The van der Waals surface area contributed by atoms with E-state index in [1.807, 2.05) is 32.0 Å². The number of nitrogens with one attached hydrogen (secondary N) is 2. The molecule has 0 aliphatic heterocycles. The van der Waals surface area contributed by atoms with Crippen molar-refractivity contribution < 1.29 is 9.72 Å². The third-order valence-electron chi connectivity index (χ3n) is 5.30. The van der Waals surface area contributed by atoms with Gasteiger partial charge in [0.25, 0.3) is 11.6 Å². The molecule has 148 valence electrons. The van der Waals surface area contributed by atoms with Crippen molar-refractivity contribution >= 4 is 23.0 Å². The number of nitro benzene ring substituents is 1. The lowest BCUT2D eigenvalue weighted by Gasteiger charge is -2.18.